The van der Waals surface area contributed by atoms with Crippen molar-refractivity contribution in [1.82, 2.24) is 29.9 Å². The minimum absolute atomic E-state index is 0.0316. The van der Waals surface area contributed by atoms with E-state index < -0.39 is 0 Å². The lowest BCUT2D eigenvalue weighted by atomic mass is 10.0. The van der Waals surface area contributed by atoms with Crippen LogP contribution in [0.1, 0.15) is 24.6 Å². The predicted molar refractivity (Wildman–Crippen MR) is 96.0 cm³/mol. The van der Waals surface area contributed by atoms with Crippen LogP contribution in [0.4, 0.5) is 0 Å². The SMILES string of the molecule is C[C@@H](C(=O)NCCN1CCN(C)C[C@@H]1c1ccccc1)n1cncn1. The molecule has 1 aliphatic rings. The molecule has 3 rings (SSSR count). The molecule has 2 atom stereocenters. The van der Waals surface area contributed by atoms with Gasteiger partial charge in [0.1, 0.15) is 18.7 Å². The monoisotopic (exact) mass is 342 g/mol. The molecule has 7 heteroatoms. The first-order valence-electron chi connectivity index (χ1n) is 8.74. The van der Waals surface area contributed by atoms with Crippen molar-refractivity contribution in [2.75, 3.05) is 39.8 Å². The molecule has 7 nitrogen and oxygen atoms in total. The molecular weight excluding hydrogens is 316 g/mol. The van der Waals surface area contributed by atoms with Crippen LogP contribution in [-0.4, -0.2) is 70.2 Å². The standard InChI is InChI=1S/C18H26N6O/c1-15(24-14-19-13-21-24)18(25)20-8-9-23-11-10-22(2)12-17(23)16-6-4-3-5-7-16/h3-7,13-15,17H,8-12H2,1-2H3,(H,20,25)/t15-,17+/m0/s1. The molecule has 2 aromatic rings. The van der Waals surface area contributed by atoms with Gasteiger partial charge in [0.15, 0.2) is 0 Å². The van der Waals surface area contributed by atoms with Crippen LogP contribution in [0.25, 0.3) is 0 Å². The number of piperazine rings is 1. The highest BCUT2D eigenvalue weighted by Crippen LogP contribution is 2.24. The van der Waals surface area contributed by atoms with Crippen molar-refractivity contribution in [3.05, 3.63) is 48.5 Å². The van der Waals surface area contributed by atoms with Crippen molar-refractivity contribution in [3.8, 4) is 0 Å². The van der Waals surface area contributed by atoms with Crippen molar-refractivity contribution in [1.29, 1.82) is 0 Å². The van der Waals surface area contributed by atoms with Crippen molar-refractivity contribution in [2.24, 2.45) is 0 Å². The van der Waals surface area contributed by atoms with E-state index in [9.17, 15) is 4.79 Å². The topological polar surface area (TPSA) is 66.3 Å². The van der Waals surface area contributed by atoms with Gasteiger partial charge in [-0.3, -0.25) is 9.69 Å². The molecule has 2 heterocycles. The molecular formula is C18H26N6O. The molecule has 0 radical (unpaired) electrons. The molecule has 0 spiro atoms. The summed E-state index contributed by atoms with van der Waals surface area (Å²) < 4.78 is 1.57. The van der Waals surface area contributed by atoms with Gasteiger partial charge in [-0.2, -0.15) is 5.10 Å². The Labute approximate surface area is 148 Å². The van der Waals surface area contributed by atoms with E-state index in [4.69, 9.17) is 0 Å². The van der Waals surface area contributed by atoms with Gasteiger partial charge in [-0.1, -0.05) is 30.3 Å². The fourth-order valence-electron chi connectivity index (χ4n) is 3.22. The maximum atomic E-state index is 12.3. The molecule has 1 saturated heterocycles. The highest BCUT2D eigenvalue weighted by Gasteiger charge is 2.26. The van der Waals surface area contributed by atoms with Crippen molar-refractivity contribution in [3.63, 3.8) is 0 Å². The smallest absolute Gasteiger partial charge is 0.244 e. The minimum Gasteiger partial charge on any atom is -0.353 e. The highest BCUT2D eigenvalue weighted by atomic mass is 16.2. The summed E-state index contributed by atoms with van der Waals surface area (Å²) in [6, 6.07) is 10.6. The lowest BCUT2D eigenvalue weighted by Gasteiger charge is -2.40. The first kappa shape index (κ1) is 17.6. The molecule has 0 saturated carbocycles. The van der Waals surface area contributed by atoms with Crippen LogP contribution >= 0.6 is 0 Å². The van der Waals surface area contributed by atoms with Gasteiger partial charge < -0.3 is 10.2 Å². The van der Waals surface area contributed by atoms with Gasteiger partial charge in [0.2, 0.25) is 5.91 Å². The number of benzene rings is 1. The second-order valence-corrected chi connectivity index (χ2v) is 6.57. The molecule has 1 amide bonds. The Balaban J connectivity index is 1.55. The van der Waals surface area contributed by atoms with Gasteiger partial charge >= 0.3 is 0 Å². The number of carbonyl (C=O) groups excluding carboxylic acids is 1. The van der Waals surface area contributed by atoms with E-state index in [2.05, 4.69) is 56.5 Å². The number of nitrogens with zero attached hydrogens (tertiary/aromatic N) is 5. The van der Waals surface area contributed by atoms with E-state index in [1.165, 1.54) is 11.9 Å². The van der Waals surface area contributed by atoms with Crippen molar-refractivity contribution < 1.29 is 4.79 Å². The zero-order valence-electron chi connectivity index (χ0n) is 14.9. The van der Waals surface area contributed by atoms with Crippen LogP contribution in [-0.2, 0) is 4.79 Å². The van der Waals surface area contributed by atoms with Gasteiger partial charge in [-0.05, 0) is 19.5 Å². The number of likely N-dealkylation sites (N-methyl/N-ethyl adjacent to an activating group) is 1. The fourth-order valence-corrected chi connectivity index (χ4v) is 3.22. The third kappa shape index (κ3) is 4.43. The fraction of sp³-hybridized carbons (Fsp3) is 0.500. The molecule has 1 aliphatic heterocycles. The van der Waals surface area contributed by atoms with Gasteiger partial charge in [-0.25, -0.2) is 9.67 Å². The molecule has 1 aromatic carbocycles. The minimum atomic E-state index is -0.347. The van der Waals surface area contributed by atoms with Crippen molar-refractivity contribution >= 4 is 5.91 Å². The predicted octanol–water partition coefficient (Wildman–Crippen LogP) is 0.944. The average molecular weight is 342 g/mol. The van der Waals surface area contributed by atoms with Crippen LogP contribution < -0.4 is 5.32 Å². The van der Waals surface area contributed by atoms with Crippen LogP contribution in [0.5, 0.6) is 0 Å². The van der Waals surface area contributed by atoms with E-state index in [1.54, 1.807) is 11.0 Å². The molecule has 134 valence electrons. The average Bonchev–Trinajstić information content (AvgIpc) is 3.17. The normalized spacial score (nSPS) is 20.3. The van der Waals surface area contributed by atoms with Crippen LogP contribution in [0.15, 0.2) is 43.0 Å². The summed E-state index contributed by atoms with van der Waals surface area (Å²) in [5, 5.41) is 7.04. The number of hydrogen-bond donors (Lipinski definition) is 1. The summed E-state index contributed by atoms with van der Waals surface area (Å²) in [7, 11) is 2.16. The molecule has 1 fully saturated rings. The Morgan fingerprint density at radius 2 is 2.12 bits per heavy atom. The lowest BCUT2D eigenvalue weighted by Crippen LogP contribution is -2.49. The summed E-state index contributed by atoms with van der Waals surface area (Å²) in [4.78, 5) is 21.0. The van der Waals surface area contributed by atoms with E-state index >= 15 is 0 Å². The van der Waals surface area contributed by atoms with Gasteiger partial charge in [-0.15, -0.1) is 0 Å². The number of amides is 1. The number of rotatable bonds is 6. The summed E-state index contributed by atoms with van der Waals surface area (Å²) >= 11 is 0. The maximum absolute atomic E-state index is 12.3. The summed E-state index contributed by atoms with van der Waals surface area (Å²) in [6.45, 7) is 6.35. The molecule has 0 bridgehead atoms. The third-order valence-electron chi connectivity index (χ3n) is 4.79. The molecule has 25 heavy (non-hydrogen) atoms. The van der Waals surface area contributed by atoms with E-state index in [-0.39, 0.29) is 11.9 Å². The second-order valence-electron chi connectivity index (χ2n) is 6.57. The summed E-state index contributed by atoms with van der Waals surface area (Å²) in [6.07, 6.45) is 3.01. The number of hydrogen-bond acceptors (Lipinski definition) is 5. The maximum Gasteiger partial charge on any atom is 0.244 e. The quantitative estimate of drug-likeness (QED) is 0.846. The zero-order chi connectivity index (χ0) is 17.6. The van der Waals surface area contributed by atoms with Crippen molar-refractivity contribution in [2.45, 2.75) is 19.0 Å². The first-order valence-corrected chi connectivity index (χ1v) is 8.74. The van der Waals surface area contributed by atoms with Gasteiger partial charge in [0, 0.05) is 38.8 Å². The Morgan fingerprint density at radius 1 is 1.32 bits per heavy atom. The molecule has 0 unspecified atom stereocenters. The van der Waals surface area contributed by atoms with E-state index in [0.717, 1.165) is 26.2 Å². The van der Waals surface area contributed by atoms with Gasteiger partial charge in [0.25, 0.3) is 0 Å². The van der Waals surface area contributed by atoms with E-state index in [1.807, 2.05) is 13.0 Å². The van der Waals surface area contributed by atoms with Crippen LogP contribution in [0.3, 0.4) is 0 Å². The summed E-state index contributed by atoms with van der Waals surface area (Å²) in [5.74, 6) is -0.0316. The Bertz CT molecular complexity index is 659. The van der Waals surface area contributed by atoms with Crippen LogP contribution in [0.2, 0.25) is 0 Å². The number of carbonyl (C=O) groups is 1. The number of aromatic nitrogens is 3. The van der Waals surface area contributed by atoms with E-state index in [0.29, 0.717) is 12.6 Å². The summed E-state index contributed by atoms with van der Waals surface area (Å²) in [5.41, 5.74) is 1.33. The zero-order valence-corrected chi connectivity index (χ0v) is 14.9. The van der Waals surface area contributed by atoms with Gasteiger partial charge in [0.05, 0.1) is 0 Å². The second kappa shape index (κ2) is 8.22. The molecule has 0 aliphatic carbocycles. The third-order valence-corrected chi connectivity index (χ3v) is 4.79. The lowest BCUT2D eigenvalue weighted by molar-refractivity contribution is -0.124. The molecule has 1 N–H and O–H groups in total. The first-order chi connectivity index (χ1) is 12.1. The largest absolute Gasteiger partial charge is 0.353 e. The Kier molecular flexibility index (Phi) is 5.78. The highest BCUT2D eigenvalue weighted by molar-refractivity contribution is 5.79. The van der Waals surface area contributed by atoms with Crippen LogP contribution in [0, 0.1) is 0 Å². The Hall–Kier alpha value is -2.25. The molecule has 1 aromatic heterocycles. The Morgan fingerprint density at radius 3 is 2.84 bits per heavy atom. The number of nitrogens with one attached hydrogen (secondary N) is 1.